The van der Waals surface area contributed by atoms with Crippen molar-refractivity contribution in [1.29, 1.82) is 0 Å². The molecule has 0 spiro atoms. The summed E-state index contributed by atoms with van der Waals surface area (Å²) in [5.74, 6) is 0. The minimum Gasteiger partial charge on any atom is -0.310 e. The molecular weight excluding hydrogens is 358 g/mol. The maximum absolute atomic E-state index is 12.5. The van der Waals surface area contributed by atoms with Gasteiger partial charge in [-0.3, -0.25) is 4.58 Å². The van der Waals surface area contributed by atoms with Crippen LogP contribution >= 0.6 is 11.3 Å². The zero-order valence-corrected chi connectivity index (χ0v) is 16.0. The van der Waals surface area contributed by atoms with Gasteiger partial charge < -0.3 is 5.32 Å². The lowest BCUT2D eigenvalue weighted by atomic mass is 10.1. The van der Waals surface area contributed by atoms with Crippen LogP contribution in [-0.4, -0.2) is 53.6 Å². The van der Waals surface area contributed by atoms with E-state index in [-0.39, 0.29) is 14.5 Å². The Morgan fingerprint density at radius 2 is 2.09 bits per heavy atom. The fourth-order valence-electron chi connectivity index (χ4n) is 2.40. The van der Waals surface area contributed by atoms with E-state index in [0.717, 1.165) is 11.3 Å². The van der Waals surface area contributed by atoms with Crippen LogP contribution in [-0.2, 0) is 19.9 Å². The molecule has 0 radical (unpaired) electrons. The molecule has 2 heterocycles. The highest BCUT2D eigenvalue weighted by atomic mass is 32.3. The van der Waals surface area contributed by atoms with E-state index in [0.29, 0.717) is 18.5 Å². The zero-order chi connectivity index (χ0) is 17.4. The van der Waals surface area contributed by atoms with E-state index in [2.05, 4.69) is 10.0 Å². The highest BCUT2D eigenvalue weighted by Crippen LogP contribution is 2.42. The quantitative estimate of drug-likeness (QED) is 0.442. The Balaban J connectivity index is 2.53. The molecule has 0 fully saturated rings. The van der Waals surface area contributed by atoms with Crippen LogP contribution in [0.5, 0.6) is 0 Å². The minimum atomic E-state index is -3.78. The monoisotopic (exact) mass is 380 g/mol. The Bertz CT molecular complexity index is 821. The summed E-state index contributed by atoms with van der Waals surface area (Å²) in [6, 6.07) is 1.33. The molecule has 2 rings (SSSR count). The summed E-state index contributed by atoms with van der Waals surface area (Å²) in [5, 5.41) is 2.70. The van der Waals surface area contributed by atoms with Crippen molar-refractivity contribution >= 4 is 37.5 Å². The summed E-state index contributed by atoms with van der Waals surface area (Å²) in [7, 11) is -3.87. The van der Waals surface area contributed by atoms with Crippen LogP contribution in [0, 0.1) is 0 Å². The predicted octanol–water partition coefficient (Wildman–Crippen LogP) is 0.543. The van der Waals surface area contributed by atoms with Gasteiger partial charge in [-0.2, -0.15) is 13.1 Å². The second-order valence-corrected chi connectivity index (χ2v) is 11.3. The normalized spacial score (nSPS) is 23.1. The van der Waals surface area contributed by atoms with Crippen LogP contribution in [0.2, 0.25) is 0 Å². The number of thiophene rings is 1. The van der Waals surface area contributed by atoms with Gasteiger partial charge >= 0.3 is 10.0 Å². The van der Waals surface area contributed by atoms with Crippen molar-refractivity contribution in [2.45, 2.75) is 40.0 Å². The molecule has 7 nitrogen and oxygen atoms in total. The summed E-state index contributed by atoms with van der Waals surface area (Å²) in [6.07, 6.45) is 1.75. The van der Waals surface area contributed by atoms with Crippen LogP contribution in [0.1, 0.15) is 31.9 Å². The van der Waals surface area contributed by atoms with Gasteiger partial charge in [0, 0.05) is 11.6 Å². The molecule has 0 saturated carbocycles. The summed E-state index contributed by atoms with van der Waals surface area (Å²) in [5.41, 5.74) is 0.556. The number of sulfone groups is 1. The van der Waals surface area contributed by atoms with Crippen LogP contribution in [0.25, 0.3) is 0 Å². The average Bonchev–Trinajstić information content (AvgIpc) is 2.90. The summed E-state index contributed by atoms with van der Waals surface area (Å²) < 4.78 is 53.8. The molecule has 130 valence electrons. The van der Waals surface area contributed by atoms with Gasteiger partial charge in [0.1, 0.15) is 4.21 Å². The average molecular weight is 381 g/mol. The first-order valence-corrected chi connectivity index (χ1v) is 11.1. The van der Waals surface area contributed by atoms with Crippen molar-refractivity contribution in [3.8, 4) is 0 Å². The number of sulfonamides is 1. The summed E-state index contributed by atoms with van der Waals surface area (Å²) >= 11 is 0.817. The van der Waals surface area contributed by atoms with E-state index >= 15 is 0 Å². The standard InChI is InChI=1S/C13H21N3O4S3/c1-5-14-11-6-9(2)22(17,18)13-10(11)7-12(21-13)23(19,20)15-8-16(3)4/h7-9,11,14H,5-6H2,1-4H3/p+1/t9?,11-/m0/s1. The number of nitrogens with zero attached hydrogens (tertiary/aromatic N) is 1. The number of hydrogen-bond donors (Lipinski definition) is 2. The SMILES string of the molecule is CCN[C@H]1CC(C)S(=O)(=O)c2sc(S(=O)(=O)NC=[N+](C)C)cc21. The smallest absolute Gasteiger partial charge is 0.310 e. The molecule has 2 N–H and O–H groups in total. The molecule has 1 unspecified atom stereocenters. The number of hydrogen-bond acceptors (Lipinski definition) is 6. The Morgan fingerprint density at radius 1 is 1.43 bits per heavy atom. The van der Waals surface area contributed by atoms with Gasteiger partial charge in [0.2, 0.25) is 6.34 Å². The largest absolute Gasteiger partial charge is 0.337 e. The van der Waals surface area contributed by atoms with Gasteiger partial charge in [0.15, 0.2) is 14.0 Å². The van der Waals surface area contributed by atoms with Crippen molar-refractivity contribution in [2.24, 2.45) is 0 Å². The van der Waals surface area contributed by atoms with Gasteiger partial charge in [-0.25, -0.2) is 8.42 Å². The van der Waals surface area contributed by atoms with Crippen molar-refractivity contribution in [3.05, 3.63) is 11.6 Å². The third-order valence-electron chi connectivity index (χ3n) is 3.61. The first-order valence-electron chi connectivity index (χ1n) is 7.22. The van der Waals surface area contributed by atoms with E-state index in [9.17, 15) is 16.8 Å². The molecule has 0 aliphatic carbocycles. The molecular formula is C13H22N3O4S3+. The lowest BCUT2D eigenvalue weighted by Gasteiger charge is -2.27. The molecule has 10 heteroatoms. The van der Waals surface area contributed by atoms with Gasteiger partial charge in [0.05, 0.1) is 19.3 Å². The van der Waals surface area contributed by atoms with Crippen LogP contribution in [0.15, 0.2) is 14.5 Å². The topological polar surface area (TPSA) is 95.4 Å². The summed E-state index contributed by atoms with van der Waals surface area (Å²) in [6.45, 7) is 4.28. The molecule has 23 heavy (non-hydrogen) atoms. The molecule has 1 aromatic rings. The fourth-order valence-corrected chi connectivity index (χ4v) is 7.40. The van der Waals surface area contributed by atoms with E-state index in [1.807, 2.05) is 6.92 Å². The van der Waals surface area contributed by atoms with Crippen LogP contribution in [0.4, 0.5) is 0 Å². The molecule has 1 aromatic heterocycles. The maximum Gasteiger partial charge on any atom is 0.337 e. The van der Waals surface area contributed by atoms with Gasteiger partial charge in [0.25, 0.3) is 0 Å². The molecule has 0 aromatic carbocycles. The first-order chi connectivity index (χ1) is 10.6. The van der Waals surface area contributed by atoms with Crippen LogP contribution < -0.4 is 10.0 Å². The Labute approximate surface area is 141 Å². The van der Waals surface area contributed by atoms with Gasteiger partial charge in [-0.1, -0.05) is 6.92 Å². The van der Waals surface area contributed by atoms with Gasteiger partial charge in [-0.05, 0) is 26.0 Å². The Hall–Kier alpha value is -0.970. The molecule has 1 aliphatic heterocycles. The van der Waals surface area contributed by atoms with Crippen molar-refractivity contribution in [2.75, 3.05) is 20.6 Å². The van der Waals surface area contributed by atoms with E-state index in [1.54, 1.807) is 25.6 Å². The molecule has 0 amide bonds. The number of rotatable bonds is 5. The zero-order valence-electron chi connectivity index (χ0n) is 13.5. The fraction of sp³-hybridized carbons (Fsp3) is 0.615. The molecule has 1 aliphatic rings. The molecule has 2 atom stereocenters. The first kappa shape index (κ1) is 18.4. The second kappa shape index (κ2) is 6.50. The third-order valence-corrected chi connectivity index (χ3v) is 9.28. The maximum atomic E-state index is 12.5. The summed E-state index contributed by atoms with van der Waals surface area (Å²) in [4.78, 5) is 0. The van der Waals surface area contributed by atoms with Crippen molar-refractivity contribution in [3.63, 3.8) is 0 Å². The second-order valence-electron chi connectivity index (χ2n) is 5.72. The molecule has 0 bridgehead atoms. The predicted molar refractivity (Wildman–Crippen MR) is 90.5 cm³/mol. The van der Waals surface area contributed by atoms with E-state index in [1.165, 1.54) is 12.4 Å². The highest BCUT2D eigenvalue weighted by molar-refractivity contribution is 7.95. The van der Waals surface area contributed by atoms with Gasteiger partial charge in [-0.15, -0.1) is 11.3 Å². The lowest BCUT2D eigenvalue weighted by Crippen LogP contribution is -2.33. The molecule has 0 saturated heterocycles. The van der Waals surface area contributed by atoms with Crippen molar-refractivity contribution < 1.29 is 21.4 Å². The van der Waals surface area contributed by atoms with Crippen LogP contribution in [0.3, 0.4) is 0 Å². The third kappa shape index (κ3) is 3.59. The number of nitrogens with one attached hydrogen (secondary N) is 2. The van der Waals surface area contributed by atoms with E-state index in [4.69, 9.17) is 0 Å². The van der Waals surface area contributed by atoms with E-state index < -0.39 is 25.1 Å². The highest BCUT2D eigenvalue weighted by Gasteiger charge is 2.39. The number of fused-ring (bicyclic) bond motifs is 1. The lowest BCUT2D eigenvalue weighted by molar-refractivity contribution is -0.460. The minimum absolute atomic E-state index is 0.0150. The Kier molecular flexibility index (Phi) is 5.19. The van der Waals surface area contributed by atoms with Crippen molar-refractivity contribution in [1.82, 2.24) is 10.0 Å². The Morgan fingerprint density at radius 3 is 2.65 bits per heavy atom.